The number of carbonyl (C=O) groups is 2. The number of methoxy groups -OCH3 is 1. The quantitative estimate of drug-likeness (QED) is 0.624. The molecule has 0 unspecified atom stereocenters. The zero-order valence-corrected chi connectivity index (χ0v) is 17.6. The Morgan fingerprint density at radius 3 is 2.52 bits per heavy atom. The van der Waals surface area contributed by atoms with Gasteiger partial charge < -0.3 is 15.0 Å². The van der Waals surface area contributed by atoms with E-state index in [4.69, 9.17) is 4.74 Å². The van der Waals surface area contributed by atoms with Crippen molar-refractivity contribution in [3.63, 3.8) is 0 Å². The van der Waals surface area contributed by atoms with Crippen LogP contribution >= 0.6 is 0 Å². The molecule has 0 radical (unpaired) electrons. The van der Waals surface area contributed by atoms with E-state index in [2.05, 4.69) is 21.3 Å². The van der Waals surface area contributed by atoms with Gasteiger partial charge >= 0.3 is 6.03 Å². The molecule has 31 heavy (non-hydrogen) atoms. The molecule has 1 aromatic heterocycles. The molecule has 3 amide bonds. The molecule has 7 heteroatoms. The predicted octanol–water partition coefficient (Wildman–Crippen LogP) is 3.26. The van der Waals surface area contributed by atoms with Crippen molar-refractivity contribution < 1.29 is 14.3 Å². The van der Waals surface area contributed by atoms with Crippen LogP contribution in [-0.4, -0.2) is 52.5 Å². The Morgan fingerprint density at radius 1 is 1.00 bits per heavy atom. The highest BCUT2D eigenvalue weighted by atomic mass is 16.5. The van der Waals surface area contributed by atoms with E-state index in [0.717, 1.165) is 47.5 Å². The summed E-state index contributed by atoms with van der Waals surface area (Å²) in [7, 11) is 1.67. The lowest BCUT2D eigenvalue weighted by atomic mass is 9.87. The molecule has 7 nitrogen and oxygen atoms in total. The third-order valence-electron chi connectivity index (χ3n) is 6.42. The first-order valence-corrected chi connectivity index (χ1v) is 10.6. The lowest BCUT2D eigenvalue weighted by Crippen LogP contribution is -2.54. The van der Waals surface area contributed by atoms with Crippen molar-refractivity contribution in [3.05, 3.63) is 65.9 Å². The number of urea groups is 1. The number of imide groups is 1. The number of aromatic nitrogens is 1. The number of nitrogens with zero attached hydrogens (tertiary/aromatic N) is 2. The molecule has 3 aromatic rings. The third kappa shape index (κ3) is 3.65. The first-order chi connectivity index (χ1) is 15.1. The number of hydrogen-bond acceptors (Lipinski definition) is 4. The average Bonchev–Trinajstić information content (AvgIpc) is 3.29. The van der Waals surface area contributed by atoms with Crippen molar-refractivity contribution in [2.75, 3.05) is 20.2 Å². The molecule has 5 rings (SSSR count). The number of ether oxygens (including phenoxy) is 1. The van der Waals surface area contributed by atoms with Gasteiger partial charge in [-0.2, -0.15) is 0 Å². The number of nitrogens with one attached hydrogen (secondary N) is 2. The van der Waals surface area contributed by atoms with Gasteiger partial charge in [-0.1, -0.05) is 30.3 Å². The maximum Gasteiger partial charge on any atom is 0.325 e. The Balaban J connectivity index is 1.23. The second kappa shape index (κ2) is 7.74. The second-order valence-corrected chi connectivity index (χ2v) is 8.41. The third-order valence-corrected chi connectivity index (χ3v) is 6.42. The number of amides is 3. The number of aromatic amines is 1. The molecule has 2 saturated heterocycles. The smallest absolute Gasteiger partial charge is 0.325 e. The van der Waals surface area contributed by atoms with Crippen molar-refractivity contribution in [1.82, 2.24) is 20.1 Å². The van der Waals surface area contributed by atoms with Gasteiger partial charge in [0.2, 0.25) is 0 Å². The van der Waals surface area contributed by atoms with Crippen molar-refractivity contribution in [3.8, 4) is 5.75 Å². The average molecular weight is 418 g/mol. The molecular formula is C24H26N4O3. The fourth-order valence-corrected chi connectivity index (χ4v) is 4.64. The van der Waals surface area contributed by atoms with Gasteiger partial charge in [0.05, 0.1) is 13.7 Å². The number of hydrogen-bond donors (Lipinski definition) is 2. The molecule has 2 aliphatic rings. The van der Waals surface area contributed by atoms with E-state index < -0.39 is 5.54 Å². The summed E-state index contributed by atoms with van der Waals surface area (Å²) in [5.41, 5.74) is 2.40. The number of H-pyrrole nitrogens is 1. The van der Waals surface area contributed by atoms with Crippen LogP contribution in [-0.2, 0) is 17.9 Å². The van der Waals surface area contributed by atoms with Gasteiger partial charge in [0.1, 0.15) is 11.3 Å². The standard InChI is InChI=1S/C24H26N4O3/c1-31-20-7-8-21-18(14-20)13-19(25-21)16-27-11-9-24(10-12-27)22(29)28(23(30)26-24)15-17-5-3-2-4-6-17/h2-8,13-14,25H,9-12,15-16H2,1H3,(H,26,30). The number of carbonyl (C=O) groups excluding carboxylic acids is 2. The van der Waals surface area contributed by atoms with Crippen LogP contribution in [0.1, 0.15) is 24.1 Å². The first kappa shape index (κ1) is 19.6. The fraction of sp³-hybridized carbons (Fsp3) is 0.333. The molecular weight excluding hydrogens is 392 g/mol. The van der Waals surface area contributed by atoms with E-state index in [0.29, 0.717) is 19.4 Å². The molecule has 2 aliphatic heterocycles. The minimum absolute atomic E-state index is 0.0984. The number of piperidine rings is 1. The Morgan fingerprint density at radius 2 is 1.77 bits per heavy atom. The summed E-state index contributed by atoms with van der Waals surface area (Å²) < 4.78 is 5.31. The molecule has 0 saturated carbocycles. The van der Waals surface area contributed by atoms with Crippen LogP contribution in [0.3, 0.4) is 0 Å². The summed E-state index contributed by atoms with van der Waals surface area (Å²) in [6.45, 7) is 2.60. The van der Waals surface area contributed by atoms with Crippen molar-refractivity contribution >= 4 is 22.8 Å². The zero-order valence-electron chi connectivity index (χ0n) is 17.6. The van der Waals surface area contributed by atoms with Crippen LogP contribution in [0.2, 0.25) is 0 Å². The van der Waals surface area contributed by atoms with Crippen LogP contribution in [0, 0.1) is 0 Å². The van der Waals surface area contributed by atoms with Gasteiger partial charge in [-0.25, -0.2) is 4.79 Å². The lowest BCUT2D eigenvalue weighted by Gasteiger charge is -2.37. The van der Waals surface area contributed by atoms with Crippen LogP contribution in [0.25, 0.3) is 10.9 Å². The summed E-state index contributed by atoms with van der Waals surface area (Å²) >= 11 is 0. The molecule has 2 N–H and O–H groups in total. The topological polar surface area (TPSA) is 77.7 Å². The van der Waals surface area contributed by atoms with Crippen LogP contribution in [0.5, 0.6) is 5.75 Å². The van der Waals surface area contributed by atoms with Crippen molar-refractivity contribution in [1.29, 1.82) is 0 Å². The fourth-order valence-electron chi connectivity index (χ4n) is 4.64. The van der Waals surface area contributed by atoms with Gasteiger partial charge in [-0.15, -0.1) is 0 Å². The van der Waals surface area contributed by atoms with Crippen molar-refractivity contribution in [2.24, 2.45) is 0 Å². The highest BCUT2D eigenvalue weighted by Gasteiger charge is 2.52. The Kier molecular flexibility index (Phi) is 4.90. The Labute approximate surface area is 181 Å². The minimum atomic E-state index is -0.768. The number of likely N-dealkylation sites (tertiary alicyclic amines) is 1. The van der Waals surface area contributed by atoms with Crippen LogP contribution in [0.4, 0.5) is 4.79 Å². The molecule has 0 bridgehead atoms. The van der Waals surface area contributed by atoms with Crippen LogP contribution < -0.4 is 10.1 Å². The monoisotopic (exact) mass is 418 g/mol. The Bertz CT molecular complexity index is 1120. The Hall–Kier alpha value is -3.32. The summed E-state index contributed by atoms with van der Waals surface area (Å²) in [5.74, 6) is 0.743. The molecule has 1 spiro atoms. The number of fused-ring (bicyclic) bond motifs is 1. The first-order valence-electron chi connectivity index (χ1n) is 10.6. The largest absolute Gasteiger partial charge is 0.497 e. The predicted molar refractivity (Wildman–Crippen MR) is 118 cm³/mol. The van der Waals surface area contributed by atoms with Gasteiger partial charge in [0, 0.05) is 36.2 Å². The molecule has 160 valence electrons. The second-order valence-electron chi connectivity index (χ2n) is 8.41. The van der Waals surface area contributed by atoms with Gasteiger partial charge in [-0.3, -0.25) is 14.6 Å². The normalized spacial score (nSPS) is 18.7. The summed E-state index contributed by atoms with van der Waals surface area (Å²) in [5, 5.41) is 4.12. The number of benzene rings is 2. The van der Waals surface area contributed by atoms with E-state index in [1.165, 1.54) is 4.90 Å². The maximum absolute atomic E-state index is 13.1. The van der Waals surface area contributed by atoms with E-state index in [-0.39, 0.29) is 11.9 Å². The van der Waals surface area contributed by atoms with E-state index in [1.54, 1.807) is 7.11 Å². The number of rotatable bonds is 5. The zero-order chi connectivity index (χ0) is 21.4. The molecule has 0 aliphatic carbocycles. The SMILES string of the molecule is COc1ccc2[nH]c(CN3CCC4(CC3)NC(=O)N(Cc3ccccc3)C4=O)cc2c1. The summed E-state index contributed by atoms with van der Waals surface area (Å²) in [4.78, 5) is 32.8. The van der Waals surface area contributed by atoms with Crippen LogP contribution in [0.15, 0.2) is 54.6 Å². The maximum atomic E-state index is 13.1. The van der Waals surface area contributed by atoms with Gasteiger partial charge in [-0.05, 0) is 42.7 Å². The minimum Gasteiger partial charge on any atom is -0.497 e. The lowest BCUT2D eigenvalue weighted by molar-refractivity contribution is -0.133. The summed E-state index contributed by atoms with van der Waals surface area (Å²) in [6, 6.07) is 17.5. The highest BCUT2D eigenvalue weighted by molar-refractivity contribution is 6.07. The van der Waals surface area contributed by atoms with Crippen molar-refractivity contribution in [2.45, 2.75) is 31.5 Å². The van der Waals surface area contributed by atoms with E-state index in [1.807, 2.05) is 48.5 Å². The molecule has 3 heterocycles. The van der Waals surface area contributed by atoms with Gasteiger partial charge in [0.15, 0.2) is 0 Å². The highest BCUT2D eigenvalue weighted by Crippen LogP contribution is 2.31. The van der Waals surface area contributed by atoms with E-state index >= 15 is 0 Å². The summed E-state index contributed by atoms with van der Waals surface area (Å²) in [6.07, 6.45) is 1.24. The molecule has 2 fully saturated rings. The van der Waals surface area contributed by atoms with E-state index in [9.17, 15) is 9.59 Å². The molecule has 0 atom stereocenters. The molecule has 2 aromatic carbocycles. The van der Waals surface area contributed by atoms with Gasteiger partial charge in [0.25, 0.3) is 5.91 Å².